The molecule has 2 aliphatic rings. The summed E-state index contributed by atoms with van der Waals surface area (Å²) in [5.41, 5.74) is 3.40. The van der Waals surface area contributed by atoms with Crippen LogP contribution in [0, 0.1) is 5.92 Å². The summed E-state index contributed by atoms with van der Waals surface area (Å²) in [7, 11) is 0. The molecule has 1 aliphatic carbocycles. The molecule has 1 aliphatic heterocycles. The molecule has 0 unspecified atom stereocenters. The Morgan fingerprint density at radius 1 is 0.897 bits per heavy atom. The third-order valence-electron chi connectivity index (χ3n) is 6.12. The molecule has 2 aromatic rings. The highest BCUT2D eigenvalue weighted by Gasteiger charge is 2.41. The first-order valence-corrected chi connectivity index (χ1v) is 10.8. The van der Waals surface area contributed by atoms with E-state index in [0.29, 0.717) is 12.5 Å². The van der Waals surface area contributed by atoms with Crippen molar-refractivity contribution in [3.05, 3.63) is 71.3 Å². The second-order valence-corrected chi connectivity index (χ2v) is 8.64. The average molecular weight is 391 g/mol. The number of rotatable bonds is 6. The summed E-state index contributed by atoms with van der Waals surface area (Å²) in [5.74, 6) is 0.740. The van der Waals surface area contributed by atoms with Gasteiger partial charge in [0.15, 0.2) is 0 Å². The van der Waals surface area contributed by atoms with Crippen LogP contribution >= 0.6 is 0 Å². The van der Waals surface area contributed by atoms with Crippen LogP contribution in [-0.4, -0.2) is 29.3 Å². The standard InChI is InChI=1S/C25H30N2O2/c1-17(2)18-10-12-20(13-11-18)23(19-7-4-3-5-8-19)26-24(28)22-9-6-16-27(22)25(29)21-14-15-21/h3-5,7-8,10-13,17,21-23H,6,9,14-16H2,1-2H3,(H,26,28)/t22-,23-/m0/s1. The Morgan fingerprint density at radius 3 is 2.14 bits per heavy atom. The smallest absolute Gasteiger partial charge is 0.243 e. The normalized spacial score (nSPS) is 20.0. The fourth-order valence-electron chi connectivity index (χ4n) is 4.18. The van der Waals surface area contributed by atoms with Crippen molar-refractivity contribution in [3.8, 4) is 0 Å². The van der Waals surface area contributed by atoms with Gasteiger partial charge in [-0.1, -0.05) is 68.4 Å². The van der Waals surface area contributed by atoms with Gasteiger partial charge in [-0.05, 0) is 48.3 Å². The van der Waals surface area contributed by atoms with Gasteiger partial charge in [-0.2, -0.15) is 0 Å². The maximum Gasteiger partial charge on any atom is 0.243 e. The first-order valence-electron chi connectivity index (χ1n) is 10.8. The lowest BCUT2D eigenvalue weighted by Gasteiger charge is -2.27. The van der Waals surface area contributed by atoms with Gasteiger partial charge in [0.05, 0.1) is 6.04 Å². The monoisotopic (exact) mass is 390 g/mol. The van der Waals surface area contributed by atoms with Crippen molar-refractivity contribution < 1.29 is 9.59 Å². The highest BCUT2D eigenvalue weighted by molar-refractivity contribution is 5.90. The van der Waals surface area contributed by atoms with Gasteiger partial charge in [-0.25, -0.2) is 0 Å². The number of nitrogens with zero attached hydrogens (tertiary/aromatic N) is 1. The van der Waals surface area contributed by atoms with Crippen LogP contribution in [-0.2, 0) is 9.59 Å². The second kappa shape index (κ2) is 8.40. The predicted octanol–water partition coefficient (Wildman–Crippen LogP) is 4.42. The fraction of sp³-hybridized carbons (Fsp3) is 0.440. The minimum atomic E-state index is -0.343. The number of amides is 2. The van der Waals surface area contributed by atoms with Crippen molar-refractivity contribution in [2.24, 2.45) is 5.92 Å². The Balaban J connectivity index is 1.56. The minimum absolute atomic E-state index is 0.0433. The second-order valence-electron chi connectivity index (χ2n) is 8.64. The maximum atomic E-state index is 13.2. The summed E-state index contributed by atoms with van der Waals surface area (Å²) in [6.45, 7) is 5.06. The van der Waals surface area contributed by atoms with E-state index in [0.717, 1.165) is 36.8 Å². The summed E-state index contributed by atoms with van der Waals surface area (Å²) in [4.78, 5) is 27.6. The van der Waals surface area contributed by atoms with Crippen LogP contribution in [0.25, 0.3) is 0 Å². The van der Waals surface area contributed by atoms with Gasteiger partial charge in [-0.15, -0.1) is 0 Å². The average Bonchev–Trinajstić information content (AvgIpc) is 3.48. The first kappa shape index (κ1) is 19.7. The molecule has 1 heterocycles. The molecule has 0 radical (unpaired) electrons. The molecular weight excluding hydrogens is 360 g/mol. The molecule has 4 heteroatoms. The van der Waals surface area contributed by atoms with Gasteiger partial charge in [0, 0.05) is 12.5 Å². The minimum Gasteiger partial charge on any atom is -0.343 e. The molecule has 29 heavy (non-hydrogen) atoms. The number of carbonyl (C=O) groups excluding carboxylic acids is 2. The number of hydrogen-bond donors (Lipinski definition) is 1. The van der Waals surface area contributed by atoms with E-state index in [1.54, 1.807) is 0 Å². The number of benzene rings is 2. The predicted molar refractivity (Wildman–Crippen MR) is 114 cm³/mol. The van der Waals surface area contributed by atoms with Crippen molar-refractivity contribution in [2.45, 2.75) is 57.5 Å². The van der Waals surface area contributed by atoms with E-state index in [4.69, 9.17) is 0 Å². The zero-order valence-electron chi connectivity index (χ0n) is 17.3. The molecule has 0 spiro atoms. The van der Waals surface area contributed by atoms with Gasteiger partial charge in [0.25, 0.3) is 0 Å². The van der Waals surface area contributed by atoms with Crippen molar-refractivity contribution in [2.75, 3.05) is 6.54 Å². The maximum absolute atomic E-state index is 13.2. The topological polar surface area (TPSA) is 49.4 Å². The summed E-state index contributed by atoms with van der Waals surface area (Å²) in [6, 6.07) is 18.0. The fourth-order valence-corrected chi connectivity index (χ4v) is 4.18. The highest BCUT2D eigenvalue weighted by Crippen LogP contribution is 2.34. The number of likely N-dealkylation sites (tertiary alicyclic amines) is 1. The number of hydrogen-bond acceptors (Lipinski definition) is 2. The molecule has 152 valence electrons. The van der Waals surface area contributed by atoms with Gasteiger partial charge in [0.2, 0.25) is 11.8 Å². The van der Waals surface area contributed by atoms with E-state index >= 15 is 0 Å². The summed E-state index contributed by atoms with van der Waals surface area (Å²) >= 11 is 0. The van der Waals surface area contributed by atoms with E-state index < -0.39 is 0 Å². The van der Waals surface area contributed by atoms with Crippen LogP contribution in [0.3, 0.4) is 0 Å². The van der Waals surface area contributed by atoms with Crippen LogP contribution in [0.15, 0.2) is 54.6 Å². The Labute approximate surface area is 173 Å². The van der Waals surface area contributed by atoms with Crippen LogP contribution in [0.2, 0.25) is 0 Å². The van der Waals surface area contributed by atoms with Gasteiger partial charge >= 0.3 is 0 Å². The van der Waals surface area contributed by atoms with E-state index in [1.165, 1.54) is 5.56 Å². The third-order valence-corrected chi connectivity index (χ3v) is 6.12. The Kier molecular flexibility index (Phi) is 5.70. The molecule has 2 aromatic carbocycles. The SMILES string of the molecule is CC(C)c1ccc([C@@H](NC(=O)[C@@H]2CCCN2C(=O)C2CC2)c2ccccc2)cc1. The van der Waals surface area contributed by atoms with E-state index in [9.17, 15) is 9.59 Å². The molecule has 1 saturated heterocycles. The molecule has 2 atom stereocenters. The van der Waals surface area contributed by atoms with Gasteiger partial charge in [-0.3, -0.25) is 9.59 Å². The number of carbonyl (C=O) groups is 2. The summed E-state index contributed by atoms with van der Waals surface area (Å²) < 4.78 is 0. The van der Waals surface area contributed by atoms with Crippen LogP contribution in [0.1, 0.15) is 68.2 Å². The summed E-state index contributed by atoms with van der Waals surface area (Å²) in [6.07, 6.45) is 3.59. The molecule has 4 rings (SSSR count). The summed E-state index contributed by atoms with van der Waals surface area (Å²) in [5, 5.41) is 3.25. The van der Waals surface area contributed by atoms with E-state index in [1.807, 2.05) is 35.2 Å². The molecule has 1 N–H and O–H groups in total. The first-order chi connectivity index (χ1) is 14.0. The molecule has 0 bridgehead atoms. The Morgan fingerprint density at radius 2 is 1.52 bits per heavy atom. The molecule has 2 fully saturated rings. The quantitative estimate of drug-likeness (QED) is 0.794. The highest BCUT2D eigenvalue weighted by atomic mass is 16.2. The third kappa shape index (κ3) is 4.36. The van der Waals surface area contributed by atoms with Crippen LogP contribution in [0.4, 0.5) is 0 Å². The van der Waals surface area contributed by atoms with E-state index in [2.05, 4.69) is 43.4 Å². The van der Waals surface area contributed by atoms with Gasteiger partial charge < -0.3 is 10.2 Å². The van der Waals surface area contributed by atoms with Crippen molar-refractivity contribution in [1.29, 1.82) is 0 Å². The zero-order valence-corrected chi connectivity index (χ0v) is 17.3. The molecule has 1 saturated carbocycles. The van der Waals surface area contributed by atoms with Crippen molar-refractivity contribution in [3.63, 3.8) is 0 Å². The lowest BCUT2D eigenvalue weighted by Crippen LogP contribution is -2.47. The lowest BCUT2D eigenvalue weighted by atomic mass is 9.95. The molecular formula is C25H30N2O2. The van der Waals surface area contributed by atoms with Crippen molar-refractivity contribution in [1.82, 2.24) is 10.2 Å². The van der Waals surface area contributed by atoms with E-state index in [-0.39, 0.29) is 29.8 Å². The Bertz CT molecular complexity index is 856. The van der Waals surface area contributed by atoms with Crippen LogP contribution < -0.4 is 5.32 Å². The molecule has 4 nitrogen and oxygen atoms in total. The van der Waals surface area contributed by atoms with Gasteiger partial charge in [0.1, 0.15) is 6.04 Å². The van der Waals surface area contributed by atoms with Crippen LogP contribution in [0.5, 0.6) is 0 Å². The largest absolute Gasteiger partial charge is 0.343 e. The van der Waals surface area contributed by atoms with Crippen molar-refractivity contribution >= 4 is 11.8 Å². The Hall–Kier alpha value is -2.62. The molecule has 2 amide bonds. The number of nitrogens with one attached hydrogen (secondary N) is 1. The zero-order chi connectivity index (χ0) is 20.4. The lowest BCUT2D eigenvalue weighted by molar-refractivity contribution is -0.139. The molecule has 0 aromatic heterocycles.